The van der Waals surface area contributed by atoms with Crippen molar-refractivity contribution in [3.05, 3.63) is 58.2 Å². The molecule has 0 radical (unpaired) electrons. The van der Waals surface area contributed by atoms with Crippen LogP contribution < -0.4 is 10.6 Å². The lowest BCUT2D eigenvalue weighted by Crippen LogP contribution is -2.36. The minimum atomic E-state index is 0.558. The van der Waals surface area contributed by atoms with E-state index in [1.807, 2.05) is 42.2 Å². The quantitative estimate of drug-likeness (QED) is 0.516. The van der Waals surface area contributed by atoms with Gasteiger partial charge in [-0.1, -0.05) is 6.07 Å². The van der Waals surface area contributed by atoms with Crippen molar-refractivity contribution in [2.45, 2.75) is 33.9 Å². The standard InChI is InChI=1S/C18H23N7S/c1-4-19-18(24-12-17-22-9-13(2)26-17)23-11-15-5-6-16(21-10-15)25-8-7-20-14(25)3/h5-10H,4,11-12H2,1-3H3,(H2,19,23,24). The Morgan fingerprint density at radius 1 is 1.15 bits per heavy atom. The van der Waals surface area contributed by atoms with Gasteiger partial charge in [-0.05, 0) is 32.4 Å². The monoisotopic (exact) mass is 369 g/mol. The molecule has 7 nitrogen and oxygen atoms in total. The molecular weight excluding hydrogens is 346 g/mol. The van der Waals surface area contributed by atoms with Crippen molar-refractivity contribution in [2.24, 2.45) is 4.99 Å². The summed E-state index contributed by atoms with van der Waals surface area (Å²) >= 11 is 1.69. The van der Waals surface area contributed by atoms with E-state index < -0.39 is 0 Å². The summed E-state index contributed by atoms with van der Waals surface area (Å²) in [7, 11) is 0. The van der Waals surface area contributed by atoms with Gasteiger partial charge in [0, 0.05) is 36.2 Å². The Labute approximate surface area is 157 Å². The summed E-state index contributed by atoms with van der Waals surface area (Å²) in [5.74, 6) is 2.55. The highest BCUT2D eigenvalue weighted by Gasteiger charge is 2.04. The minimum Gasteiger partial charge on any atom is -0.357 e. The molecule has 3 rings (SSSR count). The third-order valence-corrected chi connectivity index (χ3v) is 4.63. The van der Waals surface area contributed by atoms with Gasteiger partial charge in [-0.2, -0.15) is 0 Å². The lowest BCUT2D eigenvalue weighted by Gasteiger charge is -2.10. The zero-order valence-electron chi connectivity index (χ0n) is 15.2. The molecule has 0 aliphatic carbocycles. The molecule has 0 unspecified atom stereocenters. The average Bonchev–Trinajstić information content (AvgIpc) is 3.26. The van der Waals surface area contributed by atoms with Crippen molar-refractivity contribution in [2.75, 3.05) is 6.54 Å². The van der Waals surface area contributed by atoms with Gasteiger partial charge in [0.1, 0.15) is 16.6 Å². The van der Waals surface area contributed by atoms with E-state index in [4.69, 9.17) is 0 Å². The predicted octanol–water partition coefficient (Wildman–Crippen LogP) is 2.60. The lowest BCUT2D eigenvalue weighted by molar-refractivity contribution is 0.810. The number of aliphatic imine (C=N–C) groups is 1. The molecule has 0 bridgehead atoms. The van der Waals surface area contributed by atoms with E-state index in [1.165, 1.54) is 4.88 Å². The number of rotatable bonds is 6. The van der Waals surface area contributed by atoms with E-state index in [0.29, 0.717) is 13.1 Å². The van der Waals surface area contributed by atoms with Crippen LogP contribution in [0.25, 0.3) is 5.82 Å². The number of aromatic nitrogens is 4. The van der Waals surface area contributed by atoms with E-state index >= 15 is 0 Å². The molecule has 3 heterocycles. The van der Waals surface area contributed by atoms with E-state index in [1.54, 1.807) is 17.5 Å². The third kappa shape index (κ3) is 4.66. The molecule has 2 N–H and O–H groups in total. The smallest absolute Gasteiger partial charge is 0.191 e. The van der Waals surface area contributed by atoms with Crippen molar-refractivity contribution in [3.63, 3.8) is 0 Å². The van der Waals surface area contributed by atoms with Crippen LogP contribution in [-0.2, 0) is 13.1 Å². The number of hydrogen-bond acceptors (Lipinski definition) is 5. The molecule has 0 saturated carbocycles. The topological polar surface area (TPSA) is 80.0 Å². The van der Waals surface area contributed by atoms with Gasteiger partial charge >= 0.3 is 0 Å². The Kier molecular flexibility index (Phi) is 5.96. The summed E-state index contributed by atoms with van der Waals surface area (Å²) in [5, 5.41) is 7.62. The van der Waals surface area contributed by atoms with Crippen molar-refractivity contribution < 1.29 is 0 Å². The Morgan fingerprint density at radius 3 is 2.65 bits per heavy atom. The number of pyridine rings is 1. The number of hydrogen-bond donors (Lipinski definition) is 2. The molecule has 0 amide bonds. The second-order valence-corrected chi connectivity index (χ2v) is 7.10. The van der Waals surface area contributed by atoms with Gasteiger partial charge < -0.3 is 10.6 Å². The first-order valence-electron chi connectivity index (χ1n) is 8.54. The largest absolute Gasteiger partial charge is 0.357 e. The van der Waals surface area contributed by atoms with Crippen molar-refractivity contribution in [1.82, 2.24) is 30.2 Å². The maximum atomic E-state index is 4.63. The zero-order valence-corrected chi connectivity index (χ0v) is 16.0. The van der Waals surface area contributed by atoms with Gasteiger partial charge in [-0.15, -0.1) is 11.3 Å². The molecule has 0 atom stereocenters. The maximum absolute atomic E-state index is 4.63. The fraction of sp³-hybridized carbons (Fsp3) is 0.333. The number of nitrogens with one attached hydrogen (secondary N) is 2. The predicted molar refractivity (Wildman–Crippen MR) is 105 cm³/mol. The van der Waals surface area contributed by atoms with Crippen molar-refractivity contribution in [3.8, 4) is 5.82 Å². The first kappa shape index (κ1) is 18.1. The number of nitrogens with zero attached hydrogens (tertiary/aromatic N) is 5. The van der Waals surface area contributed by atoms with E-state index in [9.17, 15) is 0 Å². The van der Waals surface area contributed by atoms with Crippen molar-refractivity contribution in [1.29, 1.82) is 0 Å². The van der Waals surface area contributed by atoms with Crippen LogP contribution in [0.5, 0.6) is 0 Å². The summed E-state index contributed by atoms with van der Waals surface area (Å²) in [5.41, 5.74) is 1.05. The summed E-state index contributed by atoms with van der Waals surface area (Å²) in [6.45, 7) is 8.10. The fourth-order valence-electron chi connectivity index (χ4n) is 2.43. The number of thiazole rings is 1. The molecule has 0 aliphatic heterocycles. The zero-order chi connectivity index (χ0) is 18.4. The molecule has 0 fully saturated rings. The molecule has 0 spiro atoms. The Morgan fingerprint density at radius 2 is 2.04 bits per heavy atom. The Bertz CT molecular complexity index is 864. The Balaban J connectivity index is 1.62. The minimum absolute atomic E-state index is 0.558. The highest BCUT2D eigenvalue weighted by molar-refractivity contribution is 7.11. The molecule has 3 aromatic heterocycles. The van der Waals surface area contributed by atoms with E-state index in [2.05, 4.69) is 44.4 Å². The third-order valence-electron chi connectivity index (χ3n) is 3.72. The number of guanidine groups is 1. The van der Waals surface area contributed by atoms with Crippen molar-refractivity contribution >= 4 is 17.3 Å². The van der Waals surface area contributed by atoms with Gasteiger partial charge in [-0.3, -0.25) is 4.57 Å². The molecule has 0 aliphatic rings. The second kappa shape index (κ2) is 8.57. The summed E-state index contributed by atoms with van der Waals surface area (Å²) in [6, 6.07) is 4.03. The highest BCUT2D eigenvalue weighted by Crippen LogP contribution is 2.11. The molecule has 0 aromatic carbocycles. The Hall–Kier alpha value is -2.74. The van der Waals surface area contributed by atoms with Gasteiger partial charge in [-0.25, -0.2) is 19.9 Å². The van der Waals surface area contributed by atoms with E-state index in [-0.39, 0.29) is 0 Å². The molecule has 26 heavy (non-hydrogen) atoms. The van der Waals surface area contributed by atoms with Crippen LogP contribution in [0.2, 0.25) is 0 Å². The first-order chi connectivity index (χ1) is 12.7. The molecular formula is C18H23N7S. The van der Waals surface area contributed by atoms with Crippen LogP contribution in [0.1, 0.15) is 28.2 Å². The van der Waals surface area contributed by atoms with Crippen LogP contribution >= 0.6 is 11.3 Å². The molecule has 0 saturated heterocycles. The first-order valence-corrected chi connectivity index (χ1v) is 9.36. The molecule has 8 heteroatoms. The van der Waals surface area contributed by atoms with Crippen LogP contribution in [0.4, 0.5) is 0 Å². The highest BCUT2D eigenvalue weighted by atomic mass is 32.1. The van der Waals surface area contributed by atoms with Gasteiger partial charge in [0.15, 0.2) is 5.96 Å². The van der Waals surface area contributed by atoms with Crippen LogP contribution in [0.15, 0.2) is 41.9 Å². The normalized spacial score (nSPS) is 11.6. The van der Waals surface area contributed by atoms with Gasteiger partial charge in [0.05, 0.1) is 13.1 Å². The van der Waals surface area contributed by atoms with Crippen LogP contribution in [0.3, 0.4) is 0 Å². The van der Waals surface area contributed by atoms with Crippen LogP contribution in [-0.4, -0.2) is 32.0 Å². The molecule has 136 valence electrons. The summed E-state index contributed by atoms with van der Waals surface area (Å²) in [4.78, 5) is 18.9. The van der Waals surface area contributed by atoms with Crippen LogP contribution in [0, 0.1) is 13.8 Å². The number of imidazole rings is 1. The summed E-state index contributed by atoms with van der Waals surface area (Å²) in [6.07, 6.45) is 7.42. The van der Waals surface area contributed by atoms with Gasteiger partial charge in [0.25, 0.3) is 0 Å². The average molecular weight is 369 g/mol. The number of aryl methyl sites for hydroxylation is 2. The molecule has 3 aromatic rings. The summed E-state index contributed by atoms with van der Waals surface area (Å²) < 4.78 is 1.95. The second-order valence-electron chi connectivity index (χ2n) is 5.78. The SMILES string of the molecule is CCNC(=NCc1ccc(-n2ccnc2C)nc1)NCc1ncc(C)s1. The van der Waals surface area contributed by atoms with Gasteiger partial charge in [0.2, 0.25) is 0 Å². The van der Waals surface area contributed by atoms with E-state index in [0.717, 1.165) is 34.7 Å². The lowest BCUT2D eigenvalue weighted by atomic mass is 10.3. The maximum Gasteiger partial charge on any atom is 0.191 e. The fourth-order valence-corrected chi connectivity index (χ4v) is 3.15.